The average molecular weight is 327 g/mol. The summed E-state index contributed by atoms with van der Waals surface area (Å²) in [6.45, 7) is 2.71. The number of carbonyl (C=O) groups excluding carboxylic acids is 1. The lowest BCUT2D eigenvalue weighted by Crippen LogP contribution is -2.34. The monoisotopic (exact) mass is 327 g/mol. The summed E-state index contributed by atoms with van der Waals surface area (Å²) < 4.78 is 4.71. The molecule has 4 nitrogen and oxygen atoms in total. The first-order valence-corrected chi connectivity index (χ1v) is 8.11. The van der Waals surface area contributed by atoms with E-state index in [9.17, 15) is 9.90 Å². The molecule has 0 bridgehead atoms. The van der Waals surface area contributed by atoms with Gasteiger partial charge in [0.05, 0.1) is 18.8 Å². The number of hydrogen-bond donors (Lipinski definition) is 1. The van der Waals surface area contributed by atoms with E-state index in [-0.39, 0.29) is 12.0 Å². The summed E-state index contributed by atoms with van der Waals surface area (Å²) in [7, 11) is 3.39. The molecule has 24 heavy (non-hydrogen) atoms. The van der Waals surface area contributed by atoms with Gasteiger partial charge in [0.2, 0.25) is 0 Å². The normalized spacial score (nSPS) is 13.5. The van der Waals surface area contributed by atoms with Crippen LogP contribution in [0.25, 0.3) is 0 Å². The van der Waals surface area contributed by atoms with Crippen molar-refractivity contribution in [2.45, 2.75) is 25.5 Å². The largest absolute Gasteiger partial charge is 0.465 e. The molecule has 0 aliphatic rings. The van der Waals surface area contributed by atoms with Crippen LogP contribution in [0.5, 0.6) is 0 Å². The molecule has 128 valence electrons. The van der Waals surface area contributed by atoms with Crippen molar-refractivity contribution in [2.75, 3.05) is 20.7 Å². The van der Waals surface area contributed by atoms with E-state index < -0.39 is 6.10 Å². The number of likely N-dealkylation sites (N-methyl/N-ethyl adjacent to an activating group) is 1. The molecule has 1 N–H and O–H groups in total. The highest BCUT2D eigenvalue weighted by molar-refractivity contribution is 5.89. The molecule has 2 atom stereocenters. The van der Waals surface area contributed by atoms with Gasteiger partial charge < -0.3 is 14.7 Å². The first-order valence-electron chi connectivity index (χ1n) is 8.11. The molecule has 4 heteroatoms. The van der Waals surface area contributed by atoms with Crippen LogP contribution in [0, 0.1) is 0 Å². The van der Waals surface area contributed by atoms with Crippen LogP contribution in [0.15, 0.2) is 54.6 Å². The van der Waals surface area contributed by atoms with Gasteiger partial charge in [-0.25, -0.2) is 4.79 Å². The number of esters is 1. The van der Waals surface area contributed by atoms with Crippen LogP contribution in [-0.2, 0) is 11.2 Å². The van der Waals surface area contributed by atoms with Gasteiger partial charge in [-0.3, -0.25) is 0 Å². The zero-order chi connectivity index (χ0) is 17.5. The van der Waals surface area contributed by atoms with Gasteiger partial charge in [-0.05, 0) is 43.7 Å². The SMILES string of the molecule is COC(=O)c1ccc(CC(C)N(C)CC(O)c2ccccc2)cc1. The smallest absolute Gasteiger partial charge is 0.337 e. The highest BCUT2D eigenvalue weighted by Crippen LogP contribution is 2.16. The van der Waals surface area contributed by atoms with Crippen molar-refractivity contribution in [1.82, 2.24) is 4.90 Å². The predicted octanol–water partition coefficient (Wildman–Crippen LogP) is 3.07. The fraction of sp³-hybridized carbons (Fsp3) is 0.350. The zero-order valence-electron chi connectivity index (χ0n) is 14.5. The van der Waals surface area contributed by atoms with Crippen molar-refractivity contribution in [3.05, 3.63) is 71.3 Å². The Morgan fingerprint density at radius 3 is 2.33 bits per heavy atom. The summed E-state index contributed by atoms with van der Waals surface area (Å²) in [4.78, 5) is 13.6. The molecule has 2 aromatic carbocycles. The molecule has 0 amide bonds. The van der Waals surface area contributed by atoms with Crippen molar-refractivity contribution in [3.8, 4) is 0 Å². The Hall–Kier alpha value is -2.17. The summed E-state index contributed by atoms with van der Waals surface area (Å²) in [6, 6.07) is 17.4. The van der Waals surface area contributed by atoms with E-state index in [0.29, 0.717) is 12.1 Å². The van der Waals surface area contributed by atoms with Crippen LogP contribution >= 0.6 is 0 Å². The molecule has 0 spiro atoms. The number of ether oxygens (including phenoxy) is 1. The van der Waals surface area contributed by atoms with Crippen molar-refractivity contribution in [1.29, 1.82) is 0 Å². The summed E-state index contributed by atoms with van der Waals surface area (Å²) in [5.41, 5.74) is 2.64. The Kier molecular flexibility index (Phi) is 6.53. The average Bonchev–Trinajstić information content (AvgIpc) is 2.62. The lowest BCUT2D eigenvalue weighted by Gasteiger charge is -2.27. The van der Waals surface area contributed by atoms with Gasteiger partial charge in [-0.2, -0.15) is 0 Å². The minimum Gasteiger partial charge on any atom is -0.465 e. The van der Waals surface area contributed by atoms with E-state index in [0.717, 1.165) is 17.5 Å². The number of methoxy groups -OCH3 is 1. The van der Waals surface area contributed by atoms with Gasteiger partial charge >= 0.3 is 5.97 Å². The number of benzene rings is 2. The van der Waals surface area contributed by atoms with Crippen LogP contribution in [0.1, 0.15) is 34.5 Å². The number of nitrogens with zero attached hydrogens (tertiary/aromatic N) is 1. The first kappa shape index (κ1) is 18.2. The fourth-order valence-corrected chi connectivity index (χ4v) is 2.63. The molecular weight excluding hydrogens is 302 g/mol. The molecule has 0 saturated carbocycles. The van der Waals surface area contributed by atoms with Gasteiger partial charge in [0, 0.05) is 12.6 Å². The van der Waals surface area contributed by atoms with Gasteiger partial charge in [0.25, 0.3) is 0 Å². The molecule has 0 radical (unpaired) electrons. The topological polar surface area (TPSA) is 49.8 Å². The number of aliphatic hydroxyl groups is 1. The van der Waals surface area contributed by atoms with Gasteiger partial charge in [0.1, 0.15) is 0 Å². The maximum atomic E-state index is 11.5. The lowest BCUT2D eigenvalue weighted by molar-refractivity contribution is 0.0600. The highest BCUT2D eigenvalue weighted by atomic mass is 16.5. The first-order chi connectivity index (χ1) is 11.5. The zero-order valence-corrected chi connectivity index (χ0v) is 14.5. The van der Waals surface area contributed by atoms with Crippen molar-refractivity contribution < 1.29 is 14.6 Å². The van der Waals surface area contributed by atoms with Crippen molar-refractivity contribution in [2.24, 2.45) is 0 Å². The van der Waals surface area contributed by atoms with Crippen LogP contribution < -0.4 is 0 Å². The third-order valence-corrected chi connectivity index (χ3v) is 4.30. The summed E-state index contributed by atoms with van der Waals surface area (Å²) in [5.74, 6) is -0.322. The second kappa shape index (κ2) is 8.62. The molecule has 2 unspecified atom stereocenters. The van der Waals surface area contributed by atoms with Crippen LogP contribution in [0.2, 0.25) is 0 Å². The molecule has 0 aliphatic heterocycles. The summed E-state index contributed by atoms with van der Waals surface area (Å²) in [5, 5.41) is 10.3. The molecule has 0 fully saturated rings. The van der Waals surface area contributed by atoms with Gasteiger partial charge in [-0.15, -0.1) is 0 Å². The van der Waals surface area contributed by atoms with Crippen molar-refractivity contribution in [3.63, 3.8) is 0 Å². The second-order valence-electron chi connectivity index (χ2n) is 6.11. The number of carbonyl (C=O) groups is 1. The Bertz CT molecular complexity index is 640. The molecule has 0 saturated heterocycles. The number of hydrogen-bond acceptors (Lipinski definition) is 4. The highest BCUT2D eigenvalue weighted by Gasteiger charge is 2.16. The van der Waals surface area contributed by atoms with Crippen LogP contribution in [0.4, 0.5) is 0 Å². The number of rotatable bonds is 7. The Balaban J connectivity index is 1.91. The van der Waals surface area contributed by atoms with E-state index in [4.69, 9.17) is 4.74 Å². The van der Waals surface area contributed by atoms with E-state index in [1.165, 1.54) is 7.11 Å². The molecule has 0 heterocycles. The number of aliphatic hydroxyl groups excluding tert-OH is 1. The minimum atomic E-state index is -0.500. The van der Waals surface area contributed by atoms with Gasteiger partial charge in [-0.1, -0.05) is 42.5 Å². The molecule has 2 aromatic rings. The Labute approximate surface area is 143 Å². The maximum Gasteiger partial charge on any atom is 0.337 e. The second-order valence-corrected chi connectivity index (χ2v) is 6.11. The Morgan fingerprint density at radius 2 is 1.75 bits per heavy atom. The van der Waals surface area contributed by atoms with E-state index in [1.807, 2.05) is 49.5 Å². The van der Waals surface area contributed by atoms with Crippen LogP contribution in [0.3, 0.4) is 0 Å². The molecule has 0 aliphatic carbocycles. The standard InChI is InChI=1S/C20H25NO3/c1-15(13-16-9-11-18(12-10-16)20(23)24-3)21(2)14-19(22)17-7-5-4-6-8-17/h4-12,15,19,22H,13-14H2,1-3H3. The van der Waals surface area contributed by atoms with E-state index in [2.05, 4.69) is 11.8 Å². The maximum absolute atomic E-state index is 11.5. The predicted molar refractivity (Wildman–Crippen MR) is 95.0 cm³/mol. The molecule has 0 aromatic heterocycles. The minimum absolute atomic E-state index is 0.271. The third kappa shape index (κ3) is 4.91. The summed E-state index contributed by atoms with van der Waals surface area (Å²) in [6.07, 6.45) is 0.347. The lowest BCUT2D eigenvalue weighted by atomic mass is 10.0. The van der Waals surface area contributed by atoms with E-state index >= 15 is 0 Å². The van der Waals surface area contributed by atoms with E-state index in [1.54, 1.807) is 12.1 Å². The van der Waals surface area contributed by atoms with Crippen LogP contribution in [-0.4, -0.2) is 42.7 Å². The molecular formula is C20H25NO3. The fourth-order valence-electron chi connectivity index (χ4n) is 2.63. The molecule has 2 rings (SSSR count). The summed E-state index contributed by atoms with van der Waals surface area (Å²) >= 11 is 0. The third-order valence-electron chi connectivity index (χ3n) is 4.30. The quantitative estimate of drug-likeness (QED) is 0.794. The van der Waals surface area contributed by atoms with Gasteiger partial charge in [0.15, 0.2) is 0 Å². The van der Waals surface area contributed by atoms with Crippen molar-refractivity contribution >= 4 is 5.97 Å². The Morgan fingerprint density at radius 1 is 1.12 bits per heavy atom.